The molecule has 0 radical (unpaired) electrons. The van der Waals surface area contributed by atoms with Crippen LogP contribution in [0.4, 0.5) is 0 Å². The third-order valence-electron chi connectivity index (χ3n) is 2.01. The summed E-state index contributed by atoms with van der Waals surface area (Å²) >= 11 is 5.88. The highest BCUT2D eigenvalue weighted by atomic mass is 35.5. The van der Waals surface area contributed by atoms with E-state index in [-0.39, 0.29) is 12.2 Å². The smallest absolute Gasteiger partial charge is 0.339 e. The molecule has 0 aliphatic carbocycles. The summed E-state index contributed by atoms with van der Waals surface area (Å²) in [6.07, 6.45) is 0. The van der Waals surface area contributed by atoms with Gasteiger partial charge in [0.15, 0.2) is 0 Å². The number of halogens is 1. The van der Waals surface area contributed by atoms with Gasteiger partial charge in [-0.05, 0) is 31.5 Å². The summed E-state index contributed by atoms with van der Waals surface area (Å²) in [5.74, 6) is -0.489. The third-order valence-corrected chi connectivity index (χ3v) is 2.33. The molecular formula is C11H10ClNO2. The van der Waals surface area contributed by atoms with Crippen LogP contribution in [0, 0.1) is 18.3 Å². The molecule has 0 heterocycles. The quantitative estimate of drug-likeness (QED) is 0.725. The number of hydrogen-bond donors (Lipinski definition) is 0. The summed E-state index contributed by atoms with van der Waals surface area (Å²) in [5.41, 5.74) is 1.27. The summed E-state index contributed by atoms with van der Waals surface area (Å²) in [6.45, 7) is 3.68. The highest BCUT2D eigenvalue weighted by molar-refractivity contribution is 6.33. The average molecular weight is 224 g/mol. The topological polar surface area (TPSA) is 50.1 Å². The van der Waals surface area contributed by atoms with Gasteiger partial charge in [-0.2, -0.15) is 5.26 Å². The molecule has 1 aromatic carbocycles. The van der Waals surface area contributed by atoms with Crippen molar-refractivity contribution in [1.82, 2.24) is 0 Å². The zero-order valence-corrected chi connectivity index (χ0v) is 9.26. The Bertz CT molecular complexity index is 435. The Hall–Kier alpha value is -1.53. The Balaban J connectivity index is 3.28. The van der Waals surface area contributed by atoms with Gasteiger partial charge in [0, 0.05) is 0 Å². The lowest BCUT2D eigenvalue weighted by atomic mass is 10.0. The van der Waals surface area contributed by atoms with E-state index in [0.717, 1.165) is 0 Å². The van der Waals surface area contributed by atoms with E-state index in [9.17, 15) is 4.79 Å². The van der Waals surface area contributed by atoms with Crippen LogP contribution in [0.2, 0.25) is 5.02 Å². The molecule has 15 heavy (non-hydrogen) atoms. The maximum Gasteiger partial charge on any atom is 0.339 e. The first kappa shape index (κ1) is 11.5. The molecule has 0 saturated carbocycles. The van der Waals surface area contributed by atoms with E-state index < -0.39 is 5.97 Å². The van der Waals surface area contributed by atoms with Gasteiger partial charge in [0.25, 0.3) is 0 Å². The molecule has 0 atom stereocenters. The van der Waals surface area contributed by atoms with Crippen LogP contribution in [0.3, 0.4) is 0 Å². The number of ether oxygens (including phenoxy) is 1. The van der Waals surface area contributed by atoms with Gasteiger partial charge in [-0.3, -0.25) is 0 Å². The van der Waals surface area contributed by atoms with Gasteiger partial charge in [0.05, 0.1) is 28.8 Å². The molecule has 0 N–H and O–H groups in total. The Morgan fingerprint density at radius 1 is 1.60 bits per heavy atom. The van der Waals surface area contributed by atoms with Crippen molar-refractivity contribution in [3.05, 3.63) is 33.8 Å². The Kier molecular flexibility index (Phi) is 3.70. The minimum absolute atomic E-state index is 0.276. The second kappa shape index (κ2) is 4.81. The SMILES string of the molecule is CCOC(=O)c1c(Cl)ccc(C#N)c1C. The first-order valence-corrected chi connectivity index (χ1v) is 4.86. The molecule has 1 rings (SSSR count). The first-order chi connectivity index (χ1) is 7.11. The minimum Gasteiger partial charge on any atom is -0.462 e. The Morgan fingerprint density at radius 2 is 2.27 bits per heavy atom. The van der Waals surface area contributed by atoms with E-state index in [1.165, 1.54) is 6.07 Å². The monoisotopic (exact) mass is 223 g/mol. The summed E-state index contributed by atoms with van der Waals surface area (Å²) < 4.78 is 4.86. The number of esters is 1. The fourth-order valence-corrected chi connectivity index (χ4v) is 1.54. The zero-order valence-electron chi connectivity index (χ0n) is 8.50. The van der Waals surface area contributed by atoms with Gasteiger partial charge in [-0.25, -0.2) is 4.79 Å². The molecule has 0 saturated heterocycles. The lowest BCUT2D eigenvalue weighted by Crippen LogP contribution is -2.08. The summed E-state index contributed by atoms with van der Waals surface area (Å²) in [7, 11) is 0. The van der Waals surface area contributed by atoms with Crippen molar-refractivity contribution in [2.24, 2.45) is 0 Å². The minimum atomic E-state index is -0.489. The fourth-order valence-electron chi connectivity index (χ4n) is 1.25. The highest BCUT2D eigenvalue weighted by Gasteiger charge is 2.16. The van der Waals surface area contributed by atoms with E-state index in [0.29, 0.717) is 16.1 Å². The predicted octanol–water partition coefficient (Wildman–Crippen LogP) is 2.70. The van der Waals surface area contributed by atoms with Crippen LogP contribution in [-0.4, -0.2) is 12.6 Å². The second-order valence-corrected chi connectivity index (χ2v) is 3.33. The first-order valence-electron chi connectivity index (χ1n) is 4.48. The van der Waals surface area contributed by atoms with Crippen LogP contribution in [0.1, 0.15) is 28.4 Å². The van der Waals surface area contributed by atoms with Crippen molar-refractivity contribution in [3.63, 3.8) is 0 Å². The summed E-state index contributed by atoms with van der Waals surface area (Å²) in [5, 5.41) is 9.11. The number of carbonyl (C=O) groups excluding carboxylic acids is 1. The molecule has 0 spiro atoms. The summed E-state index contributed by atoms with van der Waals surface area (Å²) in [6, 6.07) is 5.10. The predicted molar refractivity (Wildman–Crippen MR) is 56.9 cm³/mol. The van der Waals surface area contributed by atoms with Gasteiger partial charge in [-0.1, -0.05) is 11.6 Å². The molecule has 0 aliphatic rings. The zero-order chi connectivity index (χ0) is 11.4. The fraction of sp³-hybridized carbons (Fsp3) is 0.273. The van der Waals surface area contributed by atoms with E-state index in [4.69, 9.17) is 21.6 Å². The van der Waals surface area contributed by atoms with Crippen molar-refractivity contribution < 1.29 is 9.53 Å². The number of carbonyl (C=O) groups is 1. The molecule has 0 fully saturated rings. The van der Waals surface area contributed by atoms with Gasteiger partial charge < -0.3 is 4.74 Å². The van der Waals surface area contributed by atoms with Crippen LogP contribution < -0.4 is 0 Å². The molecule has 78 valence electrons. The van der Waals surface area contributed by atoms with E-state index >= 15 is 0 Å². The third kappa shape index (κ3) is 2.28. The number of rotatable bonds is 2. The van der Waals surface area contributed by atoms with Crippen molar-refractivity contribution >= 4 is 17.6 Å². The lowest BCUT2D eigenvalue weighted by Gasteiger charge is -2.08. The van der Waals surface area contributed by atoms with Crippen LogP contribution in [0.5, 0.6) is 0 Å². The number of hydrogen-bond acceptors (Lipinski definition) is 3. The number of nitriles is 1. The van der Waals surface area contributed by atoms with Crippen molar-refractivity contribution in [2.45, 2.75) is 13.8 Å². The van der Waals surface area contributed by atoms with E-state index in [1.54, 1.807) is 19.9 Å². The van der Waals surface area contributed by atoms with Crippen molar-refractivity contribution in [1.29, 1.82) is 5.26 Å². The van der Waals surface area contributed by atoms with E-state index in [2.05, 4.69) is 0 Å². The van der Waals surface area contributed by atoms with Crippen LogP contribution >= 0.6 is 11.6 Å². The maximum absolute atomic E-state index is 11.5. The molecule has 0 amide bonds. The molecule has 1 aromatic rings. The molecule has 4 heteroatoms. The van der Waals surface area contributed by atoms with Crippen LogP contribution in [0.15, 0.2) is 12.1 Å². The molecular weight excluding hydrogens is 214 g/mol. The van der Waals surface area contributed by atoms with Crippen LogP contribution in [0.25, 0.3) is 0 Å². The standard InChI is InChI=1S/C11H10ClNO2/c1-3-15-11(14)10-7(2)8(6-13)4-5-9(10)12/h4-5H,3H2,1-2H3. The Morgan fingerprint density at radius 3 is 2.80 bits per heavy atom. The van der Waals surface area contributed by atoms with Gasteiger partial charge in [0.1, 0.15) is 0 Å². The summed E-state index contributed by atoms with van der Waals surface area (Å²) in [4.78, 5) is 11.5. The van der Waals surface area contributed by atoms with Crippen molar-refractivity contribution in [2.75, 3.05) is 6.61 Å². The highest BCUT2D eigenvalue weighted by Crippen LogP contribution is 2.23. The average Bonchev–Trinajstić information content (AvgIpc) is 2.18. The van der Waals surface area contributed by atoms with E-state index in [1.807, 2.05) is 6.07 Å². The largest absolute Gasteiger partial charge is 0.462 e. The van der Waals surface area contributed by atoms with Crippen molar-refractivity contribution in [3.8, 4) is 6.07 Å². The normalized spacial score (nSPS) is 9.47. The molecule has 0 aliphatic heterocycles. The van der Waals surface area contributed by atoms with Gasteiger partial charge in [0.2, 0.25) is 0 Å². The Labute approximate surface area is 93.2 Å². The molecule has 0 bridgehead atoms. The number of nitrogens with zero attached hydrogens (tertiary/aromatic N) is 1. The van der Waals surface area contributed by atoms with Gasteiger partial charge >= 0.3 is 5.97 Å². The van der Waals surface area contributed by atoms with Gasteiger partial charge in [-0.15, -0.1) is 0 Å². The van der Waals surface area contributed by atoms with Crippen LogP contribution in [-0.2, 0) is 4.74 Å². The maximum atomic E-state index is 11.5. The molecule has 3 nitrogen and oxygen atoms in total. The molecule has 0 aromatic heterocycles. The number of benzene rings is 1. The second-order valence-electron chi connectivity index (χ2n) is 2.93. The molecule has 0 unspecified atom stereocenters. The lowest BCUT2D eigenvalue weighted by molar-refractivity contribution is 0.0525.